The zero-order chi connectivity index (χ0) is 8.65. The molecule has 0 aromatic carbocycles. The van der Waals surface area contributed by atoms with Crippen LogP contribution >= 0.6 is 0 Å². The lowest BCUT2D eigenvalue weighted by molar-refractivity contribution is 0.612. The van der Waals surface area contributed by atoms with Crippen LogP contribution < -0.4 is 0 Å². The van der Waals surface area contributed by atoms with E-state index in [1.54, 1.807) is 5.92 Å². The zero-order valence-corrected chi connectivity index (χ0v) is 8.31. The molecule has 0 spiro atoms. The van der Waals surface area contributed by atoms with E-state index in [1.165, 1.54) is 51.4 Å². The fourth-order valence-electron chi connectivity index (χ4n) is 1.77. The van der Waals surface area contributed by atoms with Crippen LogP contribution in [0.15, 0.2) is 12.2 Å². The summed E-state index contributed by atoms with van der Waals surface area (Å²) >= 11 is 0. The average Bonchev–Trinajstić information content (AvgIpc) is 2.14. The highest BCUT2D eigenvalue weighted by Gasteiger charge is 2.07. The van der Waals surface area contributed by atoms with Crippen LogP contribution in [0, 0.1) is 5.92 Å². The third-order valence-corrected chi connectivity index (χ3v) is 2.57. The van der Waals surface area contributed by atoms with Crippen molar-refractivity contribution >= 4 is 0 Å². The molecular formula is C12H21. The first-order valence-corrected chi connectivity index (χ1v) is 5.44. The van der Waals surface area contributed by atoms with Crippen molar-refractivity contribution in [2.75, 3.05) is 0 Å². The smallest absolute Gasteiger partial charge is 0.00272 e. The molecule has 1 aliphatic carbocycles. The van der Waals surface area contributed by atoms with Crippen LogP contribution in [-0.2, 0) is 0 Å². The van der Waals surface area contributed by atoms with Crippen molar-refractivity contribution in [1.29, 1.82) is 0 Å². The highest BCUT2D eigenvalue weighted by Crippen LogP contribution is 2.24. The van der Waals surface area contributed by atoms with E-state index in [-0.39, 0.29) is 0 Å². The van der Waals surface area contributed by atoms with Crippen LogP contribution in [0.2, 0.25) is 0 Å². The molecule has 0 aliphatic heterocycles. The summed E-state index contributed by atoms with van der Waals surface area (Å²) in [5, 5.41) is 0. The second-order valence-corrected chi connectivity index (χ2v) is 3.76. The Morgan fingerprint density at radius 2 is 2.17 bits per heavy atom. The Balaban J connectivity index is 1.98. The molecule has 0 fully saturated rings. The number of rotatable bonds is 5. The van der Waals surface area contributed by atoms with Gasteiger partial charge in [-0.15, -0.1) is 0 Å². The number of allylic oxidation sites excluding steroid dienone is 2. The molecule has 1 rings (SSSR count). The van der Waals surface area contributed by atoms with E-state index in [4.69, 9.17) is 0 Å². The highest BCUT2D eigenvalue weighted by atomic mass is 14.1. The summed E-state index contributed by atoms with van der Waals surface area (Å²) in [6.07, 6.45) is 15.7. The fraction of sp³-hybridized carbons (Fsp3) is 0.750. The Kier molecular flexibility index (Phi) is 5.14. The predicted octanol–water partition coefficient (Wildman–Crippen LogP) is 4.27. The van der Waals surface area contributed by atoms with Crippen LogP contribution in [0.5, 0.6) is 0 Å². The van der Waals surface area contributed by atoms with E-state index < -0.39 is 0 Å². The second-order valence-electron chi connectivity index (χ2n) is 3.76. The molecule has 0 unspecified atom stereocenters. The van der Waals surface area contributed by atoms with Gasteiger partial charge in [-0.25, -0.2) is 0 Å². The lowest BCUT2D eigenvalue weighted by Crippen LogP contribution is -1.97. The van der Waals surface area contributed by atoms with Crippen molar-refractivity contribution in [3.05, 3.63) is 18.1 Å². The van der Waals surface area contributed by atoms with Gasteiger partial charge >= 0.3 is 0 Å². The van der Waals surface area contributed by atoms with Gasteiger partial charge in [-0.1, -0.05) is 44.8 Å². The monoisotopic (exact) mass is 165 g/mol. The van der Waals surface area contributed by atoms with E-state index in [2.05, 4.69) is 19.1 Å². The summed E-state index contributed by atoms with van der Waals surface area (Å²) in [6.45, 7) is 2.27. The minimum Gasteiger partial charge on any atom is -0.0879 e. The van der Waals surface area contributed by atoms with E-state index in [0.717, 1.165) is 0 Å². The Labute approximate surface area is 77.1 Å². The summed E-state index contributed by atoms with van der Waals surface area (Å²) in [6, 6.07) is 0. The maximum Gasteiger partial charge on any atom is -0.00272 e. The van der Waals surface area contributed by atoms with Gasteiger partial charge in [-0.2, -0.15) is 0 Å². The van der Waals surface area contributed by atoms with Crippen LogP contribution in [0.1, 0.15) is 58.3 Å². The molecule has 0 heterocycles. The number of hydrogen-bond donors (Lipinski definition) is 0. The molecule has 0 aromatic rings. The SMILES string of the molecule is CCCCCC[C]1C=CCCC1. The summed E-state index contributed by atoms with van der Waals surface area (Å²) < 4.78 is 0. The molecule has 0 saturated carbocycles. The van der Waals surface area contributed by atoms with Crippen LogP contribution in [-0.4, -0.2) is 0 Å². The standard InChI is InChI=1S/C12H21/c1-2-3-4-6-9-12-10-7-5-8-11-12/h7,10H,2-6,8-9,11H2,1H3. The molecule has 0 aromatic heterocycles. The summed E-state index contributed by atoms with van der Waals surface area (Å²) in [5.41, 5.74) is 0. The topological polar surface area (TPSA) is 0 Å². The highest BCUT2D eigenvalue weighted by molar-refractivity contribution is 5.12. The first-order chi connectivity index (χ1) is 5.93. The minimum absolute atomic E-state index is 1.30. The Bertz CT molecular complexity index is 124. The van der Waals surface area contributed by atoms with Crippen LogP contribution in [0.25, 0.3) is 0 Å². The van der Waals surface area contributed by atoms with Crippen molar-refractivity contribution in [3.63, 3.8) is 0 Å². The van der Waals surface area contributed by atoms with Gasteiger partial charge in [0.25, 0.3) is 0 Å². The van der Waals surface area contributed by atoms with Gasteiger partial charge in [0.05, 0.1) is 0 Å². The Morgan fingerprint density at radius 3 is 2.83 bits per heavy atom. The fourth-order valence-corrected chi connectivity index (χ4v) is 1.77. The first kappa shape index (κ1) is 9.83. The average molecular weight is 165 g/mol. The largest absolute Gasteiger partial charge is 0.0879 e. The van der Waals surface area contributed by atoms with Gasteiger partial charge in [-0.05, 0) is 31.6 Å². The third kappa shape index (κ3) is 3.94. The number of unbranched alkanes of at least 4 members (excludes halogenated alkanes) is 3. The molecule has 0 atom stereocenters. The molecule has 1 aliphatic rings. The second kappa shape index (κ2) is 6.28. The molecule has 69 valence electrons. The lowest BCUT2D eigenvalue weighted by Gasteiger charge is -2.14. The van der Waals surface area contributed by atoms with Crippen LogP contribution in [0.4, 0.5) is 0 Å². The molecule has 0 heteroatoms. The van der Waals surface area contributed by atoms with Gasteiger partial charge in [-0.3, -0.25) is 0 Å². The van der Waals surface area contributed by atoms with Crippen molar-refractivity contribution in [2.45, 2.75) is 58.3 Å². The van der Waals surface area contributed by atoms with E-state index >= 15 is 0 Å². The molecule has 12 heavy (non-hydrogen) atoms. The zero-order valence-electron chi connectivity index (χ0n) is 8.31. The van der Waals surface area contributed by atoms with Gasteiger partial charge < -0.3 is 0 Å². The van der Waals surface area contributed by atoms with E-state index in [1.807, 2.05) is 0 Å². The third-order valence-electron chi connectivity index (χ3n) is 2.57. The summed E-state index contributed by atoms with van der Waals surface area (Å²) in [7, 11) is 0. The molecule has 0 nitrogen and oxygen atoms in total. The first-order valence-electron chi connectivity index (χ1n) is 5.44. The quantitative estimate of drug-likeness (QED) is 0.534. The van der Waals surface area contributed by atoms with Crippen LogP contribution in [0.3, 0.4) is 0 Å². The van der Waals surface area contributed by atoms with Crippen molar-refractivity contribution < 1.29 is 0 Å². The summed E-state index contributed by atoms with van der Waals surface area (Å²) in [5.74, 6) is 1.69. The predicted molar refractivity (Wildman–Crippen MR) is 55.0 cm³/mol. The van der Waals surface area contributed by atoms with Crippen molar-refractivity contribution in [3.8, 4) is 0 Å². The maximum absolute atomic E-state index is 2.36. The minimum atomic E-state index is 1.30. The lowest BCUT2D eigenvalue weighted by atomic mass is 9.91. The molecule has 0 saturated heterocycles. The molecule has 0 amide bonds. The maximum atomic E-state index is 2.36. The Morgan fingerprint density at radius 1 is 1.25 bits per heavy atom. The van der Waals surface area contributed by atoms with Crippen molar-refractivity contribution in [2.24, 2.45) is 0 Å². The number of hydrogen-bond acceptors (Lipinski definition) is 0. The molecule has 1 radical (unpaired) electrons. The van der Waals surface area contributed by atoms with Crippen molar-refractivity contribution in [1.82, 2.24) is 0 Å². The Hall–Kier alpha value is -0.260. The van der Waals surface area contributed by atoms with Gasteiger partial charge in [0.1, 0.15) is 0 Å². The molecule has 0 bridgehead atoms. The molecule has 0 N–H and O–H groups in total. The van der Waals surface area contributed by atoms with E-state index in [9.17, 15) is 0 Å². The van der Waals surface area contributed by atoms with Gasteiger partial charge in [0.2, 0.25) is 0 Å². The summed E-state index contributed by atoms with van der Waals surface area (Å²) in [4.78, 5) is 0. The molecular weight excluding hydrogens is 144 g/mol. The van der Waals surface area contributed by atoms with Gasteiger partial charge in [0, 0.05) is 0 Å². The van der Waals surface area contributed by atoms with Gasteiger partial charge in [0.15, 0.2) is 0 Å². The van der Waals surface area contributed by atoms with E-state index in [0.29, 0.717) is 0 Å². The normalized spacial score (nSPS) is 18.4.